The van der Waals surface area contributed by atoms with Gasteiger partial charge in [0.2, 0.25) is 0 Å². The van der Waals surface area contributed by atoms with Gasteiger partial charge in [-0.25, -0.2) is 35.9 Å². The Morgan fingerprint density at radius 3 is 1.87 bits per heavy atom. The molecule has 0 aliphatic carbocycles. The number of aromatic nitrogens is 9. The predicted molar refractivity (Wildman–Crippen MR) is 229 cm³/mol. The molecule has 0 spiro atoms. The minimum absolute atomic E-state index is 0.0497. The molecule has 2 unspecified atom stereocenters. The van der Waals surface area contributed by atoms with Crippen molar-refractivity contribution in [3.63, 3.8) is 0 Å². The standard InChI is InChI=1S/C47H31F6N9O6/c1-19-37(21(3)67-60-19)23-12-27(42-32(14-23)56-44(63)57-42)47(66,36-6-5-11-55-59-36)40-29(50)8-9-33(41(40)53)62-34-15-24(38-20(2)61-68-22(38)4)13-28(43(34)58-45(62)64)46(65,35-10-7-25(48)18-54-35)39-30(51)16-26(49)17-31(39)52/h5-18,65-66H,1-4H3,(H,58,64)(H2,56,57,63). The first-order valence-electron chi connectivity index (χ1n) is 20.3. The number of hydrogen-bond acceptors (Lipinski definition) is 11. The highest BCUT2D eigenvalue weighted by Gasteiger charge is 2.46. The number of aliphatic hydroxyl groups is 2. The van der Waals surface area contributed by atoms with Crippen LogP contribution in [0.5, 0.6) is 0 Å². The molecule has 6 aromatic heterocycles. The van der Waals surface area contributed by atoms with E-state index in [1.165, 1.54) is 49.5 Å². The van der Waals surface area contributed by atoms with Crippen LogP contribution in [-0.2, 0) is 11.2 Å². The molecule has 2 atom stereocenters. The largest absolute Gasteiger partial charge is 0.374 e. The maximum Gasteiger partial charge on any atom is 0.331 e. The third-order valence-electron chi connectivity index (χ3n) is 11.9. The monoisotopic (exact) mass is 931 g/mol. The minimum Gasteiger partial charge on any atom is -0.374 e. The van der Waals surface area contributed by atoms with Gasteiger partial charge in [0.25, 0.3) is 0 Å². The predicted octanol–water partition coefficient (Wildman–Crippen LogP) is 7.62. The lowest BCUT2D eigenvalue weighted by atomic mass is 9.80. The van der Waals surface area contributed by atoms with Crippen molar-refractivity contribution in [1.29, 1.82) is 0 Å². The number of fused-ring (bicyclic) bond motifs is 2. The highest BCUT2D eigenvalue weighted by molar-refractivity contribution is 5.90. The summed E-state index contributed by atoms with van der Waals surface area (Å²) in [7, 11) is 0. The number of aromatic amines is 3. The molecule has 5 N–H and O–H groups in total. The molecule has 10 rings (SSSR count). The zero-order valence-electron chi connectivity index (χ0n) is 35.6. The number of hydrogen-bond donors (Lipinski definition) is 5. The van der Waals surface area contributed by atoms with Crippen molar-refractivity contribution < 1.29 is 45.6 Å². The van der Waals surface area contributed by atoms with E-state index >= 15 is 17.6 Å². The summed E-state index contributed by atoms with van der Waals surface area (Å²) in [6, 6.07) is 12.0. The third kappa shape index (κ3) is 6.48. The van der Waals surface area contributed by atoms with Gasteiger partial charge in [-0.1, -0.05) is 10.3 Å². The average molecular weight is 932 g/mol. The molecule has 4 aromatic carbocycles. The fraction of sp³-hybridized carbons (Fsp3) is 0.128. The highest BCUT2D eigenvalue weighted by atomic mass is 19.2. The summed E-state index contributed by atoms with van der Waals surface area (Å²) < 4.78 is 108. The molecular weight excluding hydrogens is 901 g/mol. The van der Waals surface area contributed by atoms with Gasteiger partial charge in [0, 0.05) is 40.6 Å². The van der Waals surface area contributed by atoms with Gasteiger partial charge < -0.3 is 34.2 Å². The van der Waals surface area contributed by atoms with Crippen LogP contribution in [0.15, 0.2) is 104 Å². The fourth-order valence-electron chi connectivity index (χ4n) is 9.06. The second-order valence-corrected chi connectivity index (χ2v) is 16.0. The topological polar surface area (TPSA) is 218 Å². The normalized spacial score (nSPS) is 13.6. The maximum atomic E-state index is 18.1. The van der Waals surface area contributed by atoms with Gasteiger partial charge in [-0.05, 0) is 99.5 Å². The SMILES string of the molecule is Cc1noc(C)c1-c1cc(C(O)(c2cccnn2)c2c(F)ccc(-n3c(=O)[nH]c4c(C(O)(c5ccc(F)cn5)c5c(F)cc(F)cc5F)cc(-c5c(C)noc5C)cc43)c2F)c2[nH]c(=O)[nH]c2c1. The van der Waals surface area contributed by atoms with E-state index in [2.05, 4.69) is 40.4 Å². The quantitative estimate of drug-likeness (QED) is 0.0887. The van der Waals surface area contributed by atoms with Crippen LogP contribution in [0, 0.1) is 62.6 Å². The molecule has 0 aliphatic heterocycles. The van der Waals surface area contributed by atoms with Crippen molar-refractivity contribution >= 4 is 22.1 Å². The van der Waals surface area contributed by atoms with Gasteiger partial charge in [0.05, 0.1) is 62.2 Å². The minimum atomic E-state index is -3.14. The summed E-state index contributed by atoms with van der Waals surface area (Å²) in [5.74, 6) is -7.90. The van der Waals surface area contributed by atoms with E-state index in [4.69, 9.17) is 9.05 Å². The maximum absolute atomic E-state index is 18.1. The Morgan fingerprint density at radius 2 is 1.28 bits per heavy atom. The van der Waals surface area contributed by atoms with Crippen molar-refractivity contribution in [3.05, 3.63) is 198 Å². The first-order valence-corrected chi connectivity index (χ1v) is 20.3. The van der Waals surface area contributed by atoms with Crippen molar-refractivity contribution in [3.8, 4) is 27.9 Å². The molecule has 68 heavy (non-hydrogen) atoms. The Balaban J connectivity index is 1.31. The molecule has 342 valence electrons. The van der Waals surface area contributed by atoms with Crippen molar-refractivity contribution in [1.82, 2.24) is 45.0 Å². The zero-order valence-corrected chi connectivity index (χ0v) is 35.6. The lowest BCUT2D eigenvalue weighted by Crippen LogP contribution is -2.34. The summed E-state index contributed by atoms with van der Waals surface area (Å²) in [6.45, 7) is 6.31. The van der Waals surface area contributed by atoms with E-state index < -0.39 is 96.8 Å². The van der Waals surface area contributed by atoms with Gasteiger partial charge in [0.15, 0.2) is 17.0 Å². The number of aryl methyl sites for hydroxylation is 4. The molecule has 0 saturated carbocycles. The van der Waals surface area contributed by atoms with E-state index in [0.717, 1.165) is 24.3 Å². The van der Waals surface area contributed by atoms with Crippen LogP contribution in [0.4, 0.5) is 26.3 Å². The Morgan fingerprint density at radius 1 is 0.647 bits per heavy atom. The molecule has 0 bridgehead atoms. The van der Waals surface area contributed by atoms with Crippen LogP contribution < -0.4 is 11.4 Å². The number of nitrogens with one attached hydrogen (secondary N) is 3. The van der Waals surface area contributed by atoms with E-state index in [1.807, 2.05) is 0 Å². The van der Waals surface area contributed by atoms with Gasteiger partial charge in [0.1, 0.15) is 46.3 Å². The third-order valence-corrected chi connectivity index (χ3v) is 11.9. The number of imidazole rings is 2. The summed E-state index contributed by atoms with van der Waals surface area (Å²) in [5, 5.41) is 42.1. The Kier molecular flexibility index (Phi) is 9.97. The number of rotatable bonds is 9. The highest BCUT2D eigenvalue weighted by Crippen LogP contribution is 2.47. The molecular formula is C47H31F6N9O6. The van der Waals surface area contributed by atoms with E-state index in [9.17, 15) is 28.6 Å². The summed E-state index contributed by atoms with van der Waals surface area (Å²) in [4.78, 5) is 39.1. The van der Waals surface area contributed by atoms with E-state index in [1.54, 1.807) is 20.8 Å². The van der Waals surface area contributed by atoms with Crippen LogP contribution in [0.25, 0.3) is 50.0 Å². The van der Waals surface area contributed by atoms with E-state index in [0.29, 0.717) is 45.5 Å². The average Bonchev–Trinajstić information content (AvgIpc) is 4.04. The number of nitrogens with zero attached hydrogens (tertiary/aromatic N) is 6. The Hall–Kier alpha value is -8.43. The van der Waals surface area contributed by atoms with Gasteiger partial charge in [-0.15, -0.1) is 0 Å². The van der Waals surface area contributed by atoms with Gasteiger partial charge >= 0.3 is 11.4 Å². The zero-order chi connectivity index (χ0) is 48.1. The molecule has 0 amide bonds. The van der Waals surface area contributed by atoms with Crippen LogP contribution in [0.3, 0.4) is 0 Å². The van der Waals surface area contributed by atoms with Crippen LogP contribution in [0.1, 0.15) is 56.6 Å². The fourth-order valence-corrected chi connectivity index (χ4v) is 9.06. The molecule has 0 radical (unpaired) electrons. The number of halogens is 6. The first kappa shape index (κ1) is 43.5. The smallest absolute Gasteiger partial charge is 0.331 e. The molecule has 0 fully saturated rings. The van der Waals surface area contributed by atoms with Crippen molar-refractivity contribution in [2.45, 2.75) is 38.9 Å². The van der Waals surface area contributed by atoms with Crippen LogP contribution in [-0.4, -0.2) is 55.2 Å². The summed E-state index contributed by atoms with van der Waals surface area (Å²) >= 11 is 0. The molecule has 6 heterocycles. The first-order chi connectivity index (χ1) is 32.4. The molecule has 15 nitrogen and oxygen atoms in total. The summed E-state index contributed by atoms with van der Waals surface area (Å²) in [5.41, 5.74) is -12.1. The van der Waals surface area contributed by atoms with Gasteiger partial charge in [-0.2, -0.15) is 10.2 Å². The second kappa shape index (κ2) is 15.6. The van der Waals surface area contributed by atoms with E-state index in [-0.39, 0.29) is 44.7 Å². The molecule has 10 aromatic rings. The number of pyridine rings is 1. The Labute approximate surface area is 376 Å². The Bertz CT molecular complexity index is 3740. The lowest BCUT2D eigenvalue weighted by molar-refractivity contribution is 0.112. The van der Waals surface area contributed by atoms with Gasteiger partial charge in [-0.3, -0.25) is 9.55 Å². The molecule has 0 aliphatic rings. The van der Waals surface area contributed by atoms with Crippen LogP contribution >= 0.6 is 0 Å². The molecule has 0 saturated heterocycles. The summed E-state index contributed by atoms with van der Waals surface area (Å²) in [6.07, 6.45) is 1.89. The van der Waals surface area contributed by atoms with Crippen LogP contribution in [0.2, 0.25) is 0 Å². The molecule has 21 heteroatoms. The number of H-pyrrole nitrogens is 3. The second-order valence-electron chi connectivity index (χ2n) is 16.0. The number of benzene rings is 4. The van der Waals surface area contributed by atoms with Crippen molar-refractivity contribution in [2.24, 2.45) is 0 Å². The lowest BCUT2D eigenvalue weighted by Gasteiger charge is -2.31. The van der Waals surface area contributed by atoms with Crippen molar-refractivity contribution in [2.75, 3.05) is 0 Å².